The first-order valence-corrected chi connectivity index (χ1v) is 6.34. The van der Waals surface area contributed by atoms with Crippen molar-refractivity contribution in [1.29, 1.82) is 0 Å². The van der Waals surface area contributed by atoms with Gasteiger partial charge >= 0.3 is 0 Å². The molecule has 0 aliphatic rings. The molecule has 100 valence electrons. The van der Waals surface area contributed by atoms with E-state index in [0.29, 0.717) is 10.9 Å². The fraction of sp³-hybridized carbons (Fsp3) is 0.273. The Morgan fingerprint density at radius 3 is 3.00 bits per heavy atom. The van der Waals surface area contributed by atoms with Gasteiger partial charge in [0.05, 0.1) is 4.47 Å². The number of aromatic amines is 1. The first-order chi connectivity index (χ1) is 9.06. The Balaban J connectivity index is 1.98. The summed E-state index contributed by atoms with van der Waals surface area (Å²) in [7, 11) is 0. The van der Waals surface area contributed by atoms with Gasteiger partial charge in [0.1, 0.15) is 5.82 Å². The average molecular weight is 328 g/mol. The van der Waals surface area contributed by atoms with E-state index in [0.717, 1.165) is 5.56 Å². The number of tetrazole rings is 1. The number of aromatic nitrogens is 4. The molecule has 0 saturated carbocycles. The van der Waals surface area contributed by atoms with Crippen LogP contribution in [-0.2, 0) is 11.2 Å². The van der Waals surface area contributed by atoms with E-state index in [-0.39, 0.29) is 23.6 Å². The van der Waals surface area contributed by atoms with Crippen LogP contribution in [0.5, 0.6) is 0 Å². The third kappa shape index (κ3) is 3.57. The van der Waals surface area contributed by atoms with Crippen molar-refractivity contribution in [1.82, 2.24) is 20.6 Å². The summed E-state index contributed by atoms with van der Waals surface area (Å²) >= 11 is 3.11. The van der Waals surface area contributed by atoms with Crippen LogP contribution >= 0.6 is 15.9 Å². The van der Waals surface area contributed by atoms with Gasteiger partial charge in [0.25, 0.3) is 5.95 Å². The molecular formula is C11H11BrFN5O. The summed E-state index contributed by atoms with van der Waals surface area (Å²) in [6.45, 7) is 1.77. The number of amides is 1. The summed E-state index contributed by atoms with van der Waals surface area (Å²) in [5.41, 5.74) is 0.865. The van der Waals surface area contributed by atoms with Gasteiger partial charge in [0, 0.05) is 5.92 Å². The van der Waals surface area contributed by atoms with Crippen molar-refractivity contribution in [3.63, 3.8) is 0 Å². The highest BCUT2D eigenvalue weighted by atomic mass is 79.9. The predicted octanol–water partition coefficient (Wildman–Crippen LogP) is 1.92. The van der Waals surface area contributed by atoms with Crippen LogP contribution in [-0.4, -0.2) is 26.5 Å². The number of carbonyl (C=O) groups excluding carboxylic acids is 1. The number of rotatable bonds is 4. The van der Waals surface area contributed by atoms with E-state index in [1.807, 2.05) is 0 Å². The van der Waals surface area contributed by atoms with E-state index in [2.05, 4.69) is 41.9 Å². The maximum Gasteiger partial charge on any atom is 0.269 e. The Morgan fingerprint density at radius 2 is 2.37 bits per heavy atom. The molecule has 2 N–H and O–H groups in total. The van der Waals surface area contributed by atoms with Crippen LogP contribution in [0, 0.1) is 11.7 Å². The molecule has 19 heavy (non-hydrogen) atoms. The second-order valence-electron chi connectivity index (χ2n) is 4.08. The molecule has 0 spiro atoms. The van der Waals surface area contributed by atoms with Crippen LogP contribution in [0.15, 0.2) is 22.7 Å². The monoisotopic (exact) mass is 327 g/mol. The molecule has 0 bridgehead atoms. The lowest BCUT2D eigenvalue weighted by Crippen LogP contribution is -2.22. The molecule has 1 amide bonds. The second-order valence-corrected chi connectivity index (χ2v) is 4.93. The Bertz CT molecular complexity index is 574. The molecule has 1 aromatic carbocycles. The molecule has 0 aliphatic carbocycles. The number of H-pyrrole nitrogens is 1. The molecular weight excluding hydrogens is 317 g/mol. The topological polar surface area (TPSA) is 83.6 Å². The van der Waals surface area contributed by atoms with Crippen LogP contribution in [0.1, 0.15) is 12.5 Å². The van der Waals surface area contributed by atoms with E-state index in [1.165, 1.54) is 6.07 Å². The van der Waals surface area contributed by atoms with E-state index >= 15 is 0 Å². The van der Waals surface area contributed by atoms with Crippen molar-refractivity contribution >= 4 is 27.8 Å². The van der Waals surface area contributed by atoms with Gasteiger partial charge in [-0.05, 0) is 45.3 Å². The first kappa shape index (κ1) is 13.6. The third-order valence-corrected chi connectivity index (χ3v) is 3.16. The quantitative estimate of drug-likeness (QED) is 0.898. The average Bonchev–Trinajstić information content (AvgIpc) is 2.86. The zero-order valence-corrected chi connectivity index (χ0v) is 11.6. The number of halogens is 2. The smallest absolute Gasteiger partial charge is 0.269 e. The highest BCUT2D eigenvalue weighted by Crippen LogP contribution is 2.19. The minimum Gasteiger partial charge on any atom is -0.292 e. The molecule has 8 heteroatoms. The summed E-state index contributed by atoms with van der Waals surface area (Å²) in [5.74, 6) is -0.706. The van der Waals surface area contributed by atoms with Crippen LogP contribution < -0.4 is 5.32 Å². The first-order valence-electron chi connectivity index (χ1n) is 5.54. The SMILES string of the molecule is C[C@@H](Cc1ccc(F)c(Br)c1)C(=O)Nc1nn[nH]n1. The van der Waals surface area contributed by atoms with Gasteiger partial charge in [0.2, 0.25) is 5.91 Å². The predicted molar refractivity (Wildman–Crippen MR) is 69.8 cm³/mol. The van der Waals surface area contributed by atoms with Crippen LogP contribution in [0.3, 0.4) is 0 Å². The van der Waals surface area contributed by atoms with E-state index in [9.17, 15) is 9.18 Å². The molecule has 1 atom stereocenters. The van der Waals surface area contributed by atoms with Gasteiger partial charge in [-0.15, -0.1) is 5.10 Å². The molecule has 0 fully saturated rings. The third-order valence-electron chi connectivity index (χ3n) is 2.55. The Kier molecular flexibility index (Phi) is 4.20. The summed E-state index contributed by atoms with van der Waals surface area (Å²) < 4.78 is 13.5. The van der Waals surface area contributed by atoms with Gasteiger partial charge in [-0.3, -0.25) is 10.1 Å². The van der Waals surface area contributed by atoms with Crippen molar-refractivity contribution in [3.8, 4) is 0 Å². The Hall–Kier alpha value is -1.83. The van der Waals surface area contributed by atoms with Crippen molar-refractivity contribution in [2.75, 3.05) is 5.32 Å². The zero-order chi connectivity index (χ0) is 13.8. The lowest BCUT2D eigenvalue weighted by atomic mass is 10.0. The highest BCUT2D eigenvalue weighted by Gasteiger charge is 2.16. The normalized spacial score (nSPS) is 12.2. The summed E-state index contributed by atoms with van der Waals surface area (Å²) in [5, 5.41) is 15.4. The van der Waals surface area contributed by atoms with Crippen molar-refractivity contribution < 1.29 is 9.18 Å². The van der Waals surface area contributed by atoms with Gasteiger partial charge < -0.3 is 0 Å². The molecule has 1 aromatic heterocycles. The van der Waals surface area contributed by atoms with E-state index in [4.69, 9.17) is 0 Å². The number of nitrogens with zero attached hydrogens (tertiary/aromatic N) is 3. The van der Waals surface area contributed by atoms with Crippen LogP contribution in [0.25, 0.3) is 0 Å². The molecule has 6 nitrogen and oxygen atoms in total. The van der Waals surface area contributed by atoms with Crippen molar-refractivity contribution in [3.05, 3.63) is 34.1 Å². The minimum atomic E-state index is -0.326. The molecule has 1 heterocycles. The van der Waals surface area contributed by atoms with Gasteiger partial charge in [-0.2, -0.15) is 5.21 Å². The fourth-order valence-electron chi connectivity index (χ4n) is 1.56. The lowest BCUT2D eigenvalue weighted by molar-refractivity contribution is -0.119. The molecule has 0 unspecified atom stereocenters. The molecule has 0 aliphatic heterocycles. The maximum atomic E-state index is 13.1. The molecule has 0 saturated heterocycles. The van der Waals surface area contributed by atoms with Crippen LogP contribution in [0.4, 0.5) is 10.3 Å². The molecule has 2 aromatic rings. The molecule has 0 radical (unpaired) electrons. The maximum absolute atomic E-state index is 13.1. The number of hydrogen-bond donors (Lipinski definition) is 2. The number of nitrogens with one attached hydrogen (secondary N) is 2. The van der Waals surface area contributed by atoms with E-state index in [1.54, 1.807) is 19.1 Å². The zero-order valence-electron chi connectivity index (χ0n) is 10.0. The second kappa shape index (κ2) is 5.87. The number of carbonyl (C=O) groups is 1. The summed E-state index contributed by atoms with van der Waals surface area (Å²) in [4.78, 5) is 11.8. The largest absolute Gasteiger partial charge is 0.292 e. The van der Waals surface area contributed by atoms with E-state index < -0.39 is 0 Å². The lowest BCUT2D eigenvalue weighted by Gasteiger charge is -2.10. The Labute approximate surface area is 116 Å². The number of hydrogen-bond acceptors (Lipinski definition) is 4. The van der Waals surface area contributed by atoms with Gasteiger partial charge in [0.15, 0.2) is 0 Å². The van der Waals surface area contributed by atoms with Crippen molar-refractivity contribution in [2.45, 2.75) is 13.3 Å². The fourth-order valence-corrected chi connectivity index (χ4v) is 1.99. The van der Waals surface area contributed by atoms with Gasteiger partial charge in [-0.25, -0.2) is 4.39 Å². The summed E-state index contributed by atoms with van der Waals surface area (Å²) in [6, 6.07) is 4.68. The molecule has 2 rings (SSSR count). The van der Waals surface area contributed by atoms with Gasteiger partial charge in [-0.1, -0.05) is 18.1 Å². The standard InChI is InChI=1S/C11H11BrFN5O/c1-6(10(19)14-11-15-17-18-16-11)4-7-2-3-9(13)8(12)5-7/h2-3,5-6H,4H2,1H3,(H2,14,15,16,17,18,19)/t6-/m0/s1. The number of anilines is 1. The number of benzene rings is 1. The summed E-state index contributed by atoms with van der Waals surface area (Å²) in [6.07, 6.45) is 0.489. The minimum absolute atomic E-state index is 0.136. The van der Waals surface area contributed by atoms with Crippen LogP contribution in [0.2, 0.25) is 0 Å². The Morgan fingerprint density at radius 1 is 1.58 bits per heavy atom. The highest BCUT2D eigenvalue weighted by molar-refractivity contribution is 9.10. The van der Waals surface area contributed by atoms with Crippen molar-refractivity contribution in [2.24, 2.45) is 5.92 Å².